The van der Waals surface area contributed by atoms with Gasteiger partial charge in [-0.25, -0.2) is 0 Å². The van der Waals surface area contributed by atoms with Crippen molar-refractivity contribution in [3.05, 3.63) is 0 Å². The Morgan fingerprint density at radius 1 is 1.50 bits per heavy atom. The molecule has 0 aromatic heterocycles. The largest absolute Gasteiger partial charge is 0.356 e. The van der Waals surface area contributed by atoms with Gasteiger partial charge in [0.1, 0.15) is 0 Å². The summed E-state index contributed by atoms with van der Waals surface area (Å²) in [4.78, 5) is 13.8. The van der Waals surface area contributed by atoms with Crippen LogP contribution in [0, 0.1) is 5.41 Å². The third-order valence-corrected chi connectivity index (χ3v) is 3.41. The van der Waals surface area contributed by atoms with E-state index in [9.17, 15) is 4.79 Å². The van der Waals surface area contributed by atoms with Gasteiger partial charge in [-0.1, -0.05) is 6.92 Å². The second-order valence-corrected chi connectivity index (χ2v) is 5.57. The zero-order chi connectivity index (χ0) is 12.2. The van der Waals surface area contributed by atoms with Gasteiger partial charge < -0.3 is 16.0 Å². The zero-order valence-corrected chi connectivity index (χ0v) is 10.8. The molecule has 0 aromatic rings. The van der Waals surface area contributed by atoms with E-state index in [1.807, 2.05) is 6.92 Å². The van der Waals surface area contributed by atoms with Crippen molar-refractivity contribution in [2.45, 2.75) is 39.2 Å². The minimum absolute atomic E-state index is 0.0507. The molecular weight excluding hydrogens is 202 g/mol. The van der Waals surface area contributed by atoms with E-state index in [0.717, 1.165) is 32.5 Å². The van der Waals surface area contributed by atoms with Crippen LogP contribution in [0.15, 0.2) is 0 Å². The van der Waals surface area contributed by atoms with E-state index in [-0.39, 0.29) is 17.4 Å². The van der Waals surface area contributed by atoms with Gasteiger partial charge in [0.15, 0.2) is 0 Å². The molecule has 0 aliphatic carbocycles. The molecule has 94 valence electrons. The highest BCUT2D eigenvalue weighted by Gasteiger charge is 2.29. The Balaban J connectivity index is 2.28. The summed E-state index contributed by atoms with van der Waals surface area (Å²) in [6.45, 7) is 7.15. The number of hydrogen-bond acceptors (Lipinski definition) is 3. The van der Waals surface area contributed by atoms with E-state index in [2.05, 4.69) is 24.2 Å². The predicted molar refractivity (Wildman–Crippen MR) is 66.1 cm³/mol. The van der Waals surface area contributed by atoms with Crippen molar-refractivity contribution in [3.8, 4) is 0 Å². The van der Waals surface area contributed by atoms with E-state index in [1.54, 1.807) is 0 Å². The number of likely N-dealkylation sites (tertiary alicyclic amines) is 1. The van der Waals surface area contributed by atoms with Gasteiger partial charge >= 0.3 is 0 Å². The number of nitrogens with two attached hydrogens (primary N) is 1. The molecule has 1 heterocycles. The van der Waals surface area contributed by atoms with Gasteiger partial charge in [-0.05, 0) is 45.3 Å². The Kier molecular flexibility index (Phi) is 4.74. The van der Waals surface area contributed by atoms with Gasteiger partial charge in [0, 0.05) is 19.0 Å². The Morgan fingerprint density at radius 2 is 2.06 bits per heavy atom. The fourth-order valence-corrected chi connectivity index (χ4v) is 2.01. The van der Waals surface area contributed by atoms with Crippen molar-refractivity contribution in [1.29, 1.82) is 0 Å². The summed E-state index contributed by atoms with van der Waals surface area (Å²) in [7, 11) is 2.15. The summed E-state index contributed by atoms with van der Waals surface area (Å²) in [6, 6.07) is -0.0507. The van der Waals surface area contributed by atoms with Crippen LogP contribution in [0.25, 0.3) is 0 Å². The highest BCUT2D eigenvalue weighted by molar-refractivity contribution is 5.76. The van der Waals surface area contributed by atoms with Crippen molar-refractivity contribution in [2.75, 3.05) is 26.7 Å². The number of nitrogens with zero attached hydrogens (tertiary/aromatic N) is 1. The number of rotatable bonds is 4. The van der Waals surface area contributed by atoms with Crippen LogP contribution in [0.3, 0.4) is 0 Å². The molecule has 0 bridgehead atoms. The molecule has 1 aliphatic heterocycles. The van der Waals surface area contributed by atoms with Crippen molar-refractivity contribution in [3.63, 3.8) is 0 Å². The maximum Gasteiger partial charge on any atom is 0.221 e. The van der Waals surface area contributed by atoms with Gasteiger partial charge in [-0.3, -0.25) is 4.79 Å². The van der Waals surface area contributed by atoms with Crippen molar-refractivity contribution < 1.29 is 4.79 Å². The molecule has 3 N–H and O–H groups in total. The number of nitrogens with one attached hydrogen (secondary N) is 1. The number of piperidine rings is 1. The van der Waals surface area contributed by atoms with Gasteiger partial charge in [-0.2, -0.15) is 0 Å². The summed E-state index contributed by atoms with van der Waals surface area (Å²) >= 11 is 0. The highest BCUT2D eigenvalue weighted by atomic mass is 16.1. The molecule has 0 saturated carbocycles. The molecule has 1 saturated heterocycles. The molecule has 1 rings (SSSR count). The van der Waals surface area contributed by atoms with Crippen LogP contribution < -0.4 is 11.1 Å². The fraction of sp³-hybridized carbons (Fsp3) is 0.917. The Bertz CT molecular complexity index is 232. The lowest BCUT2D eigenvalue weighted by atomic mass is 9.80. The molecule has 1 fully saturated rings. The first-order chi connectivity index (χ1) is 7.41. The minimum atomic E-state index is -0.0507. The smallest absolute Gasteiger partial charge is 0.221 e. The first-order valence-electron chi connectivity index (χ1n) is 6.12. The SMILES string of the molecule is CC(N)CC(=O)NCC1(C)CCN(C)CC1. The van der Waals surface area contributed by atoms with Crippen LogP contribution in [0.1, 0.15) is 33.1 Å². The lowest BCUT2D eigenvalue weighted by Crippen LogP contribution is -2.44. The lowest BCUT2D eigenvalue weighted by molar-refractivity contribution is -0.122. The Morgan fingerprint density at radius 3 is 2.56 bits per heavy atom. The van der Waals surface area contributed by atoms with Gasteiger partial charge in [0.25, 0.3) is 0 Å². The molecule has 1 atom stereocenters. The van der Waals surface area contributed by atoms with Crippen LogP contribution in [0.4, 0.5) is 0 Å². The van der Waals surface area contributed by atoms with E-state index in [4.69, 9.17) is 5.73 Å². The van der Waals surface area contributed by atoms with E-state index in [1.165, 1.54) is 0 Å². The summed E-state index contributed by atoms with van der Waals surface area (Å²) in [6.07, 6.45) is 2.74. The normalized spacial score (nSPS) is 22.8. The first kappa shape index (κ1) is 13.5. The molecule has 0 spiro atoms. The number of amides is 1. The van der Waals surface area contributed by atoms with Crippen molar-refractivity contribution in [2.24, 2.45) is 11.1 Å². The van der Waals surface area contributed by atoms with Crippen LogP contribution in [-0.4, -0.2) is 43.5 Å². The summed E-state index contributed by atoms with van der Waals surface area (Å²) in [5, 5.41) is 3.00. The van der Waals surface area contributed by atoms with Gasteiger partial charge in [0.05, 0.1) is 0 Å². The fourth-order valence-electron chi connectivity index (χ4n) is 2.01. The van der Waals surface area contributed by atoms with E-state index in [0.29, 0.717) is 6.42 Å². The molecule has 4 nitrogen and oxygen atoms in total. The summed E-state index contributed by atoms with van der Waals surface area (Å²) in [5.74, 6) is 0.0788. The highest BCUT2D eigenvalue weighted by Crippen LogP contribution is 2.29. The maximum atomic E-state index is 11.5. The number of carbonyl (C=O) groups excluding carboxylic acids is 1. The van der Waals surface area contributed by atoms with E-state index < -0.39 is 0 Å². The van der Waals surface area contributed by atoms with Crippen molar-refractivity contribution >= 4 is 5.91 Å². The second-order valence-electron chi connectivity index (χ2n) is 5.57. The molecular formula is C12H25N3O. The molecule has 0 radical (unpaired) electrons. The minimum Gasteiger partial charge on any atom is -0.356 e. The average Bonchev–Trinajstić information content (AvgIpc) is 2.20. The van der Waals surface area contributed by atoms with Gasteiger partial charge in [-0.15, -0.1) is 0 Å². The molecule has 4 heteroatoms. The third-order valence-electron chi connectivity index (χ3n) is 3.41. The Labute approximate surface area is 98.6 Å². The second kappa shape index (κ2) is 5.64. The first-order valence-corrected chi connectivity index (χ1v) is 6.12. The maximum absolute atomic E-state index is 11.5. The Hall–Kier alpha value is -0.610. The molecule has 0 aromatic carbocycles. The topological polar surface area (TPSA) is 58.4 Å². The predicted octanol–water partition coefficient (Wildman–Crippen LogP) is 0.572. The summed E-state index contributed by atoms with van der Waals surface area (Å²) in [5.41, 5.74) is 5.85. The van der Waals surface area contributed by atoms with Crippen LogP contribution in [0.2, 0.25) is 0 Å². The van der Waals surface area contributed by atoms with Gasteiger partial charge in [0.2, 0.25) is 5.91 Å². The van der Waals surface area contributed by atoms with E-state index >= 15 is 0 Å². The zero-order valence-electron chi connectivity index (χ0n) is 10.8. The molecule has 1 aliphatic rings. The standard InChI is InChI=1S/C12H25N3O/c1-10(13)8-11(16)14-9-12(2)4-6-15(3)7-5-12/h10H,4-9,13H2,1-3H3,(H,14,16). The molecule has 1 amide bonds. The van der Waals surface area contributed by atoms with Crippen LogP contribution >= 0.6 is 0 Å². The van der Waals surface area contributed by atoms with Crippen LogP contribution in [-0.2, 0) is 4.79 Å². The van der Waals surface area contributed by atoms with Crippen LogP contribution in [0.5, 0.6) is 0 Å². The average molecular weight is 227 g/mol. The monoisotopic (exact) mass is 227 g/mol. The molecule has 1 unspecified atom stereocenters. The number of carbonyl (C=O) groups is 1. The quantitative estimate of drug-likeness (QED) is 0.738. The summed E-state index contributed by atoms with van der Waals surface area (Å²) < 4.78 is 0. The molecule has 16 heavy (non-hydrogen) atoms. The third kappa shape index (κ3) is 4.49. The van der Waals surface area contributed by atoms with Crippen molar-refractivity contribution in [1.82, 2.24) is 10.2 Å². The lowest BCUT2D eigenvalue weighted by Gasteiger charge is -2.38. The number of hydrogen-bond donors (Lipinski definition) is 2.